The van der Waals surface area contributed by atoms with Gasteiger partial charge in [0.15, 0.2) is 140 Å². The largest absolute Gasteiger partial charge is 1.00 e. The smallest absolute Gasteiger partial charge is 1.00 e. The molecule has 11 rings (SSSR count). The van der Waals surface area contributed by atoms with E-state index in [0.717, 1.165) is 17.1 Å². The van der Waals surface area contributed by atoms with Gasteiger partial charge in [-0.05, 0) is 91.6 Å². The van der Waals surface area contributed by atoms with Gasteiger partial charge in [0.2, 0.25) is 0 Å². The molecule has 0 heterocycles. The number of aryl methyl sites for hydroxylation is 3. The molecule has 748 valence electrons. The van der Waals surface area contributed by atoms with Gasteiger partial charge in [-0.15, -0.1) is 60.7 Å². The van der Waals surface area contributed by atoms with Crippen LogP contribution in [0.25, 0.3) is 0 Å². The number of unbranched alkanes of at least 4 members (excludes halogenated alkanes) is 15. The molecule has 11 aromatic carbocycles. The monoisotopic (exact) mass is 2160 g/mol. The fourth-order valence-corrected chi connectivity index (χ4v) is 15.2. The van der Waals surface area contributed by atoms with E-state index < -0.39 is 289 Å². The molecule has 8 N–H and O–H groups in total. The number of benzene rings is 11. The maximum atomic E-state index is 15.4. The van der Waals surface area contributed by atoms with E-state index in [0.29, 0.717) is 0 Å². The first-order valence-corrected chi connectivity index (χ1v) is 40.5. The Morgan fingerprint density at radius 2 is 0.290 bits per heavy atom. The average Bonchev–Trinajstić information content (AvgIpc) is 0.683. The van der Waals surface area contributed by atoms with Gasteiger partial charge in [-0.3, -0.25) is 0 Å². The van der Waals surface area contributed by atoms with Crippen molar-refractivity contribution in [1.29, 1.82) is 0 Å². The number of hydrogen-bond donors (Lipinski definition) is 3. The van der Waals surface area contributed by atoms with Gasteiger partial charge < -0.3 is 34.2 Å². The van der Waals surface area contributed by atoms with Crippen molar-refractivity contribution >= 4 is 90.0 Å². The summed E-state index contributed by atoms with van der Waals surface area (Å²) in [6, 6.07) is 25.5. The molecule has 0 fully saturated rings. The van der Waals surface area contributed by atoms with Crippen LogP contribution in [0.5, 0.6) is 0 Å². The van der Waals surface area contributed by atoms with E-state index in [-0.39, 0.29) is 63.5 Å². The molecule has 0 radical (unpaired) electrons. The van der Waals surface area contributed by atoms with Gasteiger partial charge in [0.05, 0.1) is 0 Å². The predicted octanol–water partition coefficient (Wildman–Crippen LogP) is 17.4. The second-order valence-electron chi connectivity index (χ2n) is 30.5. The Morgan fingerprint density at radius 3 is 0.420 bits per heavy atom. The first-order valence-electron chi connectivity index (χ1n) is 40.5. The number of anilines is 1. The van der Waals surface area contributed by atoms with Crippen LogP contribution in [0.1, 0.15) is 153 Å². The molecule has 0 saturated carbocycles. The Morgan fingerprint density at radius 1 is 0.181 bits per heavy atom. The Balaban J connectivity index is 0.000000394. The molecular formula is C90H72B2Br2F40N3Na. The molecule has 0 aliphatic heterocycles. The minimum Gasteiger partial charge on any atom is -1.00 e. The maximum Gasteiger partial charge on any atom is 1.00 e. The molecule has 0 atom stereocenters. The average molecular weight is 2160 g/mol. The minimum atomic E-state index is -7.22. The fraction of sp³-hybridized carbons (Fsp3) is 0.267. The molecule has 0 aliphatic carbocycles. The van der Waals surface area contributed by atoms with Crippen molar-refractivity contribution in [1.82, 2.24) is 0 Å². The van der Waals surface area contributed by atoms with Crippen molar-refractivity contribution in [2.24, 2.45) is 0 Å². The quantitative estimate of drug-likeness (QED) is 0.0107. The van der Waals surface area contributed by atoms with Crippen molar-refractivity contribution in [3.8, 4) is 0 Å². The zero-order chi connectivity index (χ0) is 102. The SMILES string of the molecule is Br.CCCCCCCCc1ccc(N)cc1.CCCCCCCCc1ccc([NH3+])cc1.CCCCCCCCc1ccc([NH3+])cc1.Fc1c(F)c(F)c([B-](c2c(F)c(F)c(F)c(F)c2F)(c2c(F)c(F)c(F)c(F)c2F)c2c(F)c(F)c(F)c(F)c2F)c(F)c1F.Fc1c(F)c(F)c([B-](c2c(F)c(F)c(F)c(F)c2F)(c2c(F)c(F)c(F)c(F)c2F)c2c(F)c(F)c(F)c(F)c2F)c(F)c1F.[Br-].[Na+]. The molecule has 48 heteroatoms. The Hall–Kier alpha value is -9.57. The van der Waals surface area contributed by atoms with Crippen LogP contribution >= 0.6 is 17.0 Å². The molecule has 0 bridgehead atoms. The predicted molar refractivity (Wildman–Crippen MR) is 429 cm³/mol. The van der Waals surface area contributed by atoms with Crippen LogP contribution < -0.4 is 107 Å². The first kappa shape index (κ1) is 121. The molecule has 0 aromatic heterocycles. The van der Waals surface area contributed by atoms with E-state index in [1.165, 1.54) is 152 Å². The molecular weight excluding hydrogens is 2090 g/mol. The van der Waals surface area contributed by atoms with Crippen LogP contribution in [-0.4, -0.2) is 12.3 Å². The van der Waals surface area contributed by atoms with E-state index in [1.54, 1.807) is 0 Å². The van der Waals surface area contributed by atoms with Gasteiger partial charge in [-0.25, -0.2) is 176 Å². The third-order valence-electron chi connectivity index (χ3n) is 21.9. The molecule has 0 saturated heterocycles. The van der Waals surface area contributed by atoms with Crippen molar-refractivity contribution in [3.63, 3.8) is 0 Å². The Labute approximate surface area is 802 Å². The summed E-state index contributed by atoms with van der Waals surface area (Å²) in [6.07, 6.45) is 14.0. The van der Waals surface area contributed by atoms with Gasteiger partial charge in [0, 0.05) is 5.69 Å². The van der Waals surface area contributed by atoms with Gasteiger partial charge >= 0.3 is 29.6 Å². The number of nitrogens with two attached hydrogens (primary N) is 1. The second kappa shape index (κ2) is 52.3. The molecule has 0 spiro atoms. The third-order valence-corrected chi connectivity index (χ3v) is 21.9. The van der Waals surface area contributed by atoms with Crippen molar-refractivity contribution in [2.45, 2.75) is 156 Å². The van der Waals surface area contributed by atoms with E-state index in [9.17, 15) is 105 Å². The summed E-state index contributed by atoms with van der Waals surface area (Å²) < 4.78 is 588. The first-order chi connectivity index (χ1) is 63.4. The number of halogens is 42. The van der Waals surface area contributed by atoms with E-state index in [2.05, 4.69) is 92.9 Å². The van der Waals surface area contributed by atoms with Crippen LogP contribution in [0, 0.1) is 233 Å². The van der Waals surface area contributed by atoms with Crippen LogP contribution in [0.2, 0.25) is 0 Å². The normalized spacial score (nSPS) is 11.3. The summed E-state index contributed by atoms with van der Waals surface area (Å²) in [5, 5.41) is 0. The van der Waals surface area contributed by atoms with Crippen molar-refractivity contribution in [3.05, 3.63) is 322 Å². The molecule has 138 heavy (non-hydrogen) atoms. The molecule has 11 aromatic rings. The van der Waals surface area contributed by atoms with Gasteiger partial charge in [-0.1, -0.05) is 153 Å². The van der Waals surface area contributed by atoms with E-state index in [1.807, 2.05) is 12.1 Å². The molecule has 3 nitrogen and oxygen atoms in total. The van der Waals surface area contributed by atoms with Gasteiger partial charge in [0.1, 0.15) is 117 Å². The Kier molecular flexibility index (Phi) is 45.7. The fourth-order valence-electron chi connectivity index (χ4n) is 15.2. The van der Waals surface area contributed by atoms with Crippen LogP contribution in [-0.2, 0) is 19.3 Å². The standard InChI is InChI=1S/2C24BF20.3C14H23N.2BrH.Na/c2*26-5-1(6(27)14(35)21(42)13(5)34)25(2-7(28)15(36)22(43)16(37)8(2)29,3-9(30)17(38)23(44)18(39)10(3)31)4-11(32)19(40)24(45)20(41)12(4)33;3*1-2-3-4-5-6-7-8-13-9-11-14(15)12-10-13;;;/h;;3*9-12H,2-8,15H2,1H3;2*1H;/q2*-1;;;;;;+1/p+1. The summed E-state index contributed by atoms with van der Waals surface area (Å²) in [5.74, 6) is -143. The summed E-state index contributed by atoms with van der Waals surface area (Å²) in [5.41, 5.74) is -7.82. The number of hydrogen-bond acceptors (Lipinski definition) is 1. The van der Waals surface area contributed by atoms with Crippen LogP contribution in [0.15, 0.2) is 72.8 Å². The maximum absolute atomic E-state index is 15.4. The molecule has 0 unspecified atom stereocenters. The summed E-state index contributed by atoms with van der Waals surface area (Å²) in [4.78, 5) is 0. The third kappa shape index (κ3) is 24.6. The Bertz CT molecular complexity index is 4940. The molecule has 0 aliphatic rings. The number of quaternary nitrogens is 2. The topological polar surface area (TPSA) is 81.3 Å². The van der Waals surface area contributed by atoms with E-state index in [4.69, 9.17) is 5.73 Å². The zero-order valence-electron chi connectivity index (χ0n) is 71.8. The summed E-state index contributed by atoms with van der Waals surface area (Å²) >= 11 is 0. The summed E-state index contributed by atoms with van der Waals surface area (Å²) in [6.45, 7) is 6.79. The minimum absolute atomic E-state index is 0. The van der Waals surface area contributed by atoms with E-state index >= 15 is 70.2 Å². The van der Waals surface area contributed by atoms with Gasteiger partial charge in [-0.2, -0.15) is 0 Å². The summed E-state index contributed by atoms with van der Waals surface area (Å²) in [7, 11) is 0. The van der Waals surface area contributed by atoms with Crippen molar-refractivity contribution < 1.29 is 234 Å². The molecule has 0 amide bonds. The number of nitrogen functional groups attached to an aromatic ring is 1. The zero-order valence-corrected chi connectivity index (χ0v) is 77.1. The van der Waals surface area contributed by atoms with Crippen molar-refractivity contribution in [2.75, 3.05) is 5.73 Å². The second-order valence-corrected chi connectivity index (χ2v) is 30.5. The number of rotatable bonds is 29. The van der Waals surface area contributed by atoms with Crippen LogP contribution in [0.3, 0.4) is 0 Å². The van der Waals surface area contributed by atoms with Gasteiger partial charge in [0.25, 0.3) is 0 Å². The van der Waals surface area contributed by atoms with Crippen LogP contribution in [0.4, 0.5) is 193 Å².